The van der Waals surface area contributed by atoms with Gasteiger partial charge in [-0.05, 0) is 42.8 Å². The Bertz CT molecular complexity index is 1180. The van der Waals surface area contributed by atoms with E-state index in [-0.39, 0.29) is 17.1 Å². The second kappa shape index (κ2) is 9.04. The summed E-state index contributed by atoms with van der Waals surface area (Å²) in [5, 5.41) is 7.76. The Labute approximate surface area is 180 Å². The fourth-order valence-electron chi connectivity index (χ4n) is 2.83. The fraction of sp³-hybridized carbons (Fsp3) is 0.136. The van der Waals surface area contributed by atoms with Crippen molar-refractivity contribution in [1.82, 2.24) is 10.3 Å². The van der Waals surface area contributed by atoms with Gasteiger partial charge in [0, 0.05) is 18.9 Å². The molecule has 3 N–H and O–H groups in total. The van der Waals surface area contributed by atoms with Gasteiger partial charge in [-0.25, -0.2) is 9.37 Å². The van der Waals surface area contributed by atoms with Gasteiger partial charge >= 0.3 is 6.18 Å². The van der Waals surface area contributed by atoms with Crippen molar-refractivity contribution >= 4 is 29.0 Å². The summed E-state index contributed by atoms with van der Waals surface area (Å²) in [7, 11) is 1.40. The Morgan fingerprint density at radius 2 is 1.69 bits per heavy atom. The number of amides is 2. The zero-order valence-electron chi connectivity index (χ0n) is 17.0. The molecule has 6 nitrogen and oxygen atoms in total. The first-order chi connectivity index (χ1) is 15.1. The highest BCUT2D eigenvalue weighted by molar-refractivity contribution is 6.07. The van der Waals surface area contributed by atoms with E-state index in [1.54, 1.807) is 12.1 Å². The molecule has 0 unspecified atom stereocenters. The molecule has 0 fully saturated rings. The molecule has 2 amide bonds. The van der Waals surface area contributed by atoms with Crippen LogP contribution in [-0.2, 0) is 6.18 Å². The van der Waals surface area contributed by atoms with Crippen molar-refractivity contribution in [1.29, 1.82) is 0 Å². The SMILES string of the molecule is CNC(=O)c1cnc(Nc2ccccc2C)c(NC(=O)c2cc(C(F)(F)F)ccc2F)c1. The molecule has 1 aromatic heterocycles. The minimum Gasteiger partial charge on any atom is -0.355 e. The second-order valence-corrected chi connectivity index (χ2v) is 6.79. The summed E-state index contributed by atoms with van der Waals surface area (Å²) in [5.74, 6) is -2.63. The van der Waals surface area contributed by atoms with Crippen LogP contribution in [0.5, 0.6) is 0 Å². The van der Waals surface area contributed by atoms with Crippen molar-refractivity contribution in [3.05, 3.63) is 82.8 Å². The highest BCUT2D eigenvalue weighted by atomic mass is 19.4. The van der Waals surface area contributed by atoms with Crippen LogP contribution in [0.2, 0.25) is 0 Å². The monoisotopic (exact) mass is 446 g/mol. The summed E-state index contributed by atoms with van der Waals surface area (Å²) >= 11 is 0. The summed E-state index contributed by atoms with van der Waals surface area (Å²) in [4.78, 5) is 28.8. The zero-order chi connectivity index (χ0) is 23.5. The minimum absolute atomic E-state index is 0.0174. The van der Waals surface area contributed by atoms with E-state index < -0.39 is 34.9 Å². The van der Waals surface area contributed by atoms with E-state index in [1.165, 1.54) is 19.3 Å². The number of nitrogens with one attached hydrogen (secondary N) is 3. The van der Waals surface area contributed by atoms with Gasteiger partial charge in [-0.15, -0.1) is 0 Å². The molecule has 0 bridgehead atoms. The van der Waals surface area contributed by atoms with Gasteiger partial charge in [0.1, 0.15) is 5.82 Å². The Hall–Kier alpha value is -3.95. The highest BCUT2D eigenvalue weighted by Gasteiger charge is 2.32. The molecule has 0 spiro atoms. The van der Waals surface area contributed by atoms with E-state index >= 15 is 0 Å². The summed E-state index contributed by atoms with van der Waals surface area (Å²) in [5.41, 5.74) is -0.398. The van der Waals surface area contributed by atoms with E-state index in [1.807, 2.05) is 19.1 Å². The molecule has 2 aromatic carbocycles. The molecular formula is C22H18F4N4O2. The van der Waals surface area contributed by atoms with E-state index in [9.17, 15) is 27.2 Å². The van der Waals surface area contributed by atoms with E-state index in [0.717, 1.165) is 5.56 Å². The fourth-order valence-corrected chi connectivity index (χ4v) is 2.83. The Morgan fingerprint density at radius 3 is 2.34 bits per heavy atom. The maximum absolute atomic E-state index is 14.1. The third-order valence-electron chi connectivity index (χ3n) is 4.56. The first kappa shape index (κ1) is 22.7. The third kappa shape index (κ3) is 5.02. The number of aromatic nitrogens is 1. The van der Waals surface area contributed by atoms with Gasteiger partial charge in [-0.1, -0.05) is 18.2 Å². The quantitative estimate of drug-likeness (QED) is 0.487. The summed E-state index contributed by atoms with van der Waals surface area (Å²) < 4.78 is 53.1. The van der Waals surface area contributed by atoms with Crippen molar-refractivity contribution in [3.63, 3.8) is 0 Å². The van der Waals surface area contributed by atoms with Crippen LogP contribution in [0.1, 0.15) is 31.8 Å². The Kier molecular flexibility index (Phi) is 6.42. The maximum atomic E-state index is 14.1. The van der Waals surface area contributed by atoms with E-state index in [0.29, 0.717) is 23.9 Å². The second-order valence-electron chi connectivity index (χ2n) is 6.79. The lowest BCUT2D eigenvalue weighted by Gasteiger charge is -2.15. The molecule has 10 heteroatoms. The van der Waals surface area contributed by atoms with Crippen LogP contribution in [0.3, 0.4) is 0 Å². The largest absolute Gasteiger partial charge is 0.416 e. The van der Waals surface area contributed by atoms with Crippen LogP contribution < -0.4 is 16.0 Å². The van der Waals surface area contributed by atoms with Gasteiger partial charge in [0.15, 0.2) is 5.82 Å². The molecule has 166 valence electrons. The number of hydrogen-bond donors (Lipinski definition) is 3. The molecule has 0 aliphatic heterocycles. The molecule has 32 heavy (non-hydrogen) atoms. The molecule has 0 atom stereocenters. The normalized spacial score (nSPS) is 11.1. The average molecular weight is 446 g/mol. The first-order valence-electron chi connectivity index (χ1n) is 9.33. The van der Waals surface area contributed by atoms with Crippen LogP contribution in [-0.4, -0.2) is 23.8 Å². The number of hydrogen-bond acceptors (Lipinski definition) is 4. The van der Waals surface area contributed by atoms with E-state index in [2.05, 4.69) is 20.9 Å². The molecular weight excluding hydrogens is 428 g/mol. The first-order valence-corrected chi connectivity index (χ1v) is 9.33. The lowest BCUT2D eigenvalue weighted by atomic mass is 10.1. The summed E-state index contributed by atoms with van der Waals surface area (Å²) in [6.45, 7) is 1.83. The number of anilines is 3. The van der Waals surface area contributed by atoms with Gasteiger partial charge < -0.3 is 16.0 Å². The smallest absolute Gasteiger partial charge is 0.355 e. The number of benzene rings is 2. The molecule has 0 radical (unpaired) electrons. The number of pyridine rings is 1. The van der Waals surface area contributed by atoms with Crippen LogP contribution >= 0.6 is 0 Å². The van der Waals surface area contributed by atoms with Crippen molar-refractivity contribution in [2.75, 3.05) is 17.7 Å². The highest BCUT2D eigenvalue weighted by Crippen LogP contribution is 2.31. The maximum Gasteiger partial charge on any atom is 0.416 e. The van der Waals surface area contributed by atoms with Gasteiger partial charge in [-0.2, -0.15) is 13.2 Å². The predicted molar refractivity (Wildman–Crippen MR) is 111 cm³/mol. The third-order valence-corrected chi connectivity index (χ3v) is 4.56. The molecule has 3 rings (SSSR count). The summed E-state index contributed by atoms with van der Waals surface area (Å²) in [6, 6.07) is 10.0. The Balaban J connectivity index is 2.01. The number of carbonyl (C=O) groups excluding carboxylic acids is 2. The standard InChI is InChI=1S/C22H18F4N4O2/c1-12-5-3-4-6-17(12)29-19-18(9-13(11-28-19)20(31)27-2)30-21(32)15-10-14(22(24,25)26)7-8-16(15)23/h3-11H,1-2H3,(H,27,31)(H,28,29)(H,30,32). The van der Waals surface area contributed by atoms with Crippen molar-refractivity contribution in [3.8, 4) is 0 Å². The topological polar surface area (TPSA) is 83.1 Å². The number of rotatable bonds is 5. The lowest BCUT2D eigenvalue weighted by Crippen LogP contribution is -2.20. The number of halogens is 4. The summed E-state index contributed by atoms with van der Waals surface area (Å²) in [6.07, 6.45) is -3.49. The number of para-hydroxylation sites is 1. The molecule has 0 saturated carbocycles. The zero-order valence-corrected chi connectivity index (χ0v) is 17.0. The van der Waals surface area contributed by atoms with Crippen molar-refractivity contribution < 1.29 is 27.2 Å². The van der Waals surface area contributed by atoms with E-state index in [4.69, 9.17) is 0 Å². The number of nitrogens with zero attached hydrogens (tertiary/aromatic N) is 1. The van der Waals surface area contributed by atoms with Crippen LogP contribution in [0.25, 0.3) is 0 Å². The minimum atomic E-state index is -4.75. The Morgan fingerprint density at radius 1 is 0.969 bits per heavy atom. The van der Waals surface area contributed by atoms with Crippen molar-refractivity contribution in [2.45, 2.75) is 13.1 Å². The lowest BCUT2D eigenvalue weighted by molar-refractivity contribution is -0.137. The average Bonchev–Trinajstić information content (AvgIpc) is 2.75. The molecule has 3 aromatic rings. The van der Waals surface area contributed by atoms with Gasteiger partial charge in [0.2, 0.25) is 0 Å². The number of aryl methyl sites for hydroxylation is 1. The van der Waals surface area contributed by atoms with Crippen LogP contribution in [0.15, 0.2) is 54.7 Å². The van der Waals surface area contributed by atoms with Crippen molar-refractivity contribution in [2.24, 2.45) is 0 Å². The van der Waals surface area contributed by atoms with Crippen LogP contribution in [0, 0.1) is 12.7 Å². The number of alkyl halides is 3. The molecule has 0 aliphatic carbocycles. The van der Waals surface area contributed by atoms with Gasteiger partial charge in [-0.3, -0.25) is 9.59 Å². The predicted octanol–water partition coefficient (Wildman–Crippen LogP) is 4.90. The van der Waals surface area contributed by atoms with Crippen LogP contribution in [0.4, 0.5) is 34.8 Å². The molecule has 0 aliphatic rings. The van der Waals surface area contributed by atoms with Gasteiger partial charge in [0.05, 0.1) is 22.4 Å². The molecule has 0 saturated heterocycles. The molecule has 1 heterocycles. The van der Waals surface area contributed by atoms with Gasteiger partial charge in [0.25, 0.3) is 11.8 Å². The number of carbonyl (C=O) groups is 2.